The van der Waals surface area contributed by atoms with Gasteiger partial charge in [0.2, 0.25) is 0 Å². The Bertz CT molecular complexity index is 647. The van der Waals surface area contributed by atoms with Crippen molar-refractivity contribution in [3.63, 3.8) is 0 Å². The van der Waals surface area contributed by atoms with Gasteiger partial charge < -0.3 is 11.1 Å². The fourth-order valence-electron chi connectivity index (χ4n) is 1.54. The lowest BCUT2D eigenvalue weighted by molar-refractivity contribution is 0.102. The molecule has 0 radical (unpaired) electrons. The lowest BCUT2D eigenvalue weighted by Gasteiger charge is -2.08. The van der Waals surface area contributed by atoms with Gasteiger partial charge in [0.1, 0.15) is 5.82 Å². The third-order valence-electron chi connectivity index (χ3n) is 2.39. The number of nitrogens with one attached hydrogen (secondary N) is 1. The average molecular weight is 283 g/mol. The Labute approximate surface area is 113 Å². The van der Waals surface area contributed by atoms with E-state index in [4.69, 9.17) is 17.3 Å². The van der Waals surface area contributed by atoms with Gasteiger partial charge in [-0.15, -0.1) is 0 Å². The average Bonchev–Trinajstić information content (AvgIpc) is 2.33. The summed E-state index contributed by atoms with van der Waals surface area (Å²) in [6, 6.07) is 7.90. The van der Waals surface area contributed by atoms with Crippen molar-refractivity contribution in [1.29, 1.82) is 0 Å². The number of hydrogen-bond donors (Lipinski definition) is 2. The zero-order valence-corrected chi connectivity index (χ0v) is 10.3. The Morgan fingerprint density at radius 3 is 2.63 bits per heavy atom. The second-order valence-electron chi connectivity index (χ2n) is 3.82. The normalized spacial score (nSPS) is 10.3. The third-order valence-corrected chi connectivity index (χ3v) is 2.63. The van der Waals surface area contributed by atoms with E-state index in [0.717, 1.165) is 12.1 Å². The summed E-state index contributed by atoms with van der Waals surface area (Å²) >= 11 is 5.75. The highest BCUT2D eigenvalue weighted by Crippen LogP contribution is 2.20. The third kappa shape index (κ3) is 3.00. The van der Waals surface area contributed by atoms with Gasteiger partial charge in [-0.05, 0) is 30.3 Å². The van der Waals surface area contributed by atoms with E-state index in [1.54, 1.807) is 18.2 Å². The molecule has 0 aliphatic carbocycles. The Kier molecular flexibility index (Phi) is 3.66. The number of rotatable bonds is 2. The van der Waals surface area contributed by atoms with Crippen LogP contribution in [0.1, 0.15) is 10.4 Å². The molecule has 2 aromatic rings. The molecule has 2 aromatic carbocycles. The van der Waals surface area contributed by atoms with Crippen molar-refractivity contribution >= 4 is 28.9 Å². The van der Waals surface area contributed by atoms with Gasteiger partial charge in [-0.1, -0.05) is 17.7 Å². The number of amides is 1. The van der Waals surface area contributed by atoms with Crippen LogP contribution in [0.15, 0.2) is 36.4 Å². The number of nitrogens with two attached hydrogens (primary N) is 1. The number of benzene rings is 2. The van der Waals surface area contributed by atoms with Crippen LogP contribution in [-0.4, -0.2) is 5.91 Å². The molecule has 19 heavy (non-hydrogen) atoms. The minimum atomic E-state index is -0.957. The molecule has 0 heterocycles. The van der Waals surface area contributed by atoms with Gasteiger partial charge in [-0.3, -0.25) is 4.79 Å². The maximum Gasteiger partial charge on any atom is 0.258 e. The van der Waals surface area contributed by atoms with Gasteiger partial charge >= 0.3 is 0 Å². The van der Waals surface area contributed by atoms with Crippen LogP contribution in [0, 0.1) is 11.6 Å². The minimum absolute atomic E-state index is 0.375. The van der Waals surface area contributed by atoms with Gasteiger partial charge in [0.15, 0.2) is 5.82 Å². The van der Waals surface area contributed by atoms with Gasteiger partial charge in [0, 0.05) is 10.7 Å². The summed E-state index contributed by atoms with van der Waals surface area (Å²) < 4.78 is 26.8. The smallest absolute Gasteiger partial charge is 0.258 e. The highest BCUT2D eigenvalue weighted by molar-refractivity contribution is 6.30. The van der Waals surface area contributed by atoms with E-state index < -0.39 is 28.8 Å². The van der Waals surface area contributed by atoms with Crippen molar-refractivity contribution in [2.75, 3.05) is 11.1 Å². The Hall–Kier alpha value is -2.14. The van der Waals surface area contributed by atoms with E-state index in [1.807, 2.05) is 0 Å². The van der Waals surface area contributed by atoms with Crippen molar-refractivity contribution in [2.45, 2.75) is 0 Å². The molecule has 2 rings (SSSR count). The van der Waals surface area contributed by atoms with Crippen LogP contribution in [0.25, 0.3) is 0 Å². The van der Waals surface area contributed by atoms with Crippen LogP contribution in [0.2, 0.25) is 5.02 Å². The van der Waals surface area contributed by atoms with E-state index in [1.165, 1.54) is 6.07 Å². The van der Waals surface area contributed by atoms with Crippen LogP contribution in [-0.2, 0) is 0 Å². The number of carbonyl (C=O) groups is 1. The zero-order chi connectivity index (χ0) is 14.0. The van der Waals surface area contributed by atoms with Crippen LogP contribution in [0.4, 0.5) is 20.2 Å². The molecule has 6 heteroatoms. The first kappa shape index (κ1) is 13.3. The second kappa shape index (κ2) is 5.24. The Morgan fingerprint density at radius 2 is 1.95 bits per heavy atom. The fourth-order valence-corrected chi connectivity index (χ4v) is 1.73. The largest absolute Gasteiger partial charge is 0.396 e. The molecule has 3 nitrogen and oxygen atoms in total. The maximum atomic E-state index is 13.6. The lowest BCUT2D eigenvalue weighted by atomic mass is 10.1. The van der Waals surface area contributed by atoms with Crippen molar-refractivity contribution in [3.8, 4) is 0 Å². The van der Waals surface area contributed by atoms with Crippen molar-refractivity contribution < 1.29 is 13.6 Å². The van der Waals surface area contributed by atoms with Crippen molar-refractivity contribution in [2.24, 2.45) is 0 Å². The molecular formula is C13H9ClF2N2O. The first-order valence-corrected chi connectivity index (χ1v) is 5.66. The van der Waals surface area contributed by atoms with Crippen LogP contribution in [0.3, 0.4) is 0 Å². The van der Waals surface area contributed by atoms with E-state index >= 15 is 0 Å². The molecule has 0 aromatic heterocycles. The fraction of sp³-hybridized carbons (Fsp3) is 0. The molecule has 0 saturated heterocycles. The molecule has 0 fully saturated rings. The molecule has 1 amide bonds. The number of anilines is 2. The first-order valence-electron chi connectivity index (χ1n) is 5.29. The van der Waals surface area contributed by atoms with Crippen molar-refractivity contribution in [1.82, 2.24) is 0 Å². The first-order chi connectivity index (χ1) is 8.97. The predicted molar refractivity (Wildman–Crippen MR) is 70.2 cm³/mol. The molecule has 0 aliphatic heterocycles. The lowest BCUT2D eigenvalue weighted by Crippen LogP contribution is -2.15. The van der Waals surface area contributed by atoms with Gasteiger partial charge in [0.05, 0.1) is 11.3 Å². The number of carbonyl (C=O) groups excluding carboxylic acids is 1. The summed E-state index contributed by atoms with van der Waals surface area (Å²) in [5, 5.41) is 2.82. The minimum Gasteiger partial charge on any atom is -0.396 e. The SMILES string of the molecule is Nc1cc(F)cc(C(=O)Nc2cccc(Cl)c2)c1F. The molecule has 0 unspecified atom stereocenters. The molecular weight excluding hydrogens is 274 g/mol. The van der Waals surface area contributed by atoms with Crippen LogP contribution in [0.5, 0.6) is 0 Å². The highest BCUT2D eigenvalue weighted by atomic mass is 35.5. The molecule has 3 N–H and O–H groups in total. The van der Waals surface area contributed by atoms with Crippen LogP contribution < -0.4 is 11.1 Å². The zero-order valence-electron chi connectivity index (χ0n) is 9.58. The van der Waals surface area contributed by atoms with E-state index in [2.05, 4.69) is 5.32 Å². The van der Waals surface area contributed by atoms with E-state index in [0.29, 0.717) is 10.7 Å². The monoisotopic (exact) mass is 282 g/mol. The van der Waals surface area contributed by atoms with Gasteiger partial charge in [-0.2, -0.15) is 0 Å². The molecule has 0 saturated carbocycles. The highest BCUT2D eigenvalue weighted by Gasteiger charge is 2.16. The van der Waals surface area contributed by atoms with Crippen LogP contribution >= 0.6 is 11.6 Å². The molecule has 0 bridgehead atoms. The number of halogens is 3. The summed E-state index contributed by atoms with van der Waals surface area (Å²) in [5.41, 5.74) is 4.75. The molecule has 0 atom stereocenters. The van der Waals surface area contributed by atoms with E-state index in [-0.39, 0.29) is 0 Å². The van der Waals surface area contributed by atoms with Gasteiger partial charge in [-0.25, -0.2) is 8.78 Å². The summed E-state index contributed by atoms with van der Waals surface area (Å²) in [7, 11) is 0. The molecule has 0 aliphatic rings. The standard InChI is InChI=1S/C13H9ClF2N2O/c14-7-2-1-3-9(4-7)18-13(19)10-5-8(15)6-11(17)12(10)16/h1-6H,17H2,(H,18,19). The summed E-state index contributed by atoms with van der Waals surface area (Å²) in [6.45, 7) is 0. The maximum absolute atomic E-state index is 13.6. The topological polar surface area (TPSA) is 55.1 Å². The molecule has 0 spiro atoms. The Morgan fingerprint density at radius 1 is 1.21 bits per heavy atom. The quantitative estimate of drug-likeness (QED) is 0.829. The van der Waals surface area contributed by atoms with Crippen molar-refractivity contribution in [3.05, 3.63) is 58.6 Å². The van der Waals surface area contributed by atoms with Gasteiger partial charge in [0.25, 0.3) is 5.91 Å². The number of hydrogen-bond acceptors (Lipinski definition) is 2. The van der Waals surface area contributed by atoms with E-state index in [9.17, 15) is 13.6 Å². The predicted octanol–water partition coefficient (Wildman–Crippen LogP) is 3.45. The summed E-state index contributed by atoms with van der Waals surface area (Å²) in [5.74, 6) is -2.54. The summed E-state index contributed by atoms with van der Waals surface area (Å²) in [6.07, 6.45) is 0. The Balaban J connectivity index is 2.30. The molecule has 98 valence electrons. The number of nitrogen functional groups attached to an aromatic ring is 1. The second-order valence-corrected chi connectivity index (χ2v) is 4.26. The summed E-state index contributed by atoms with van der Waals surface area (Å²) in [4.78, 5) is 11.8.